The van der Waals surface area contributed by atoms with Crippen LogP contribution >= 0.6 is 11.3 Å². The molecule has 4 aromatic heterocycles. The fourth-order valence-corrected chi connectivity index (χ4v) is 7.34. The van der Waals surface area contributed by atoms with E-state index in [-0.39, 0.29) is 0 Å². The molecule has 1 aliphatic carbocycles. The van der Waals surface area contributed by atoms with Crippen molar-refractivity contribution in [2.45, 2.75) is 45.4 Å². The average molecular weight is 406 g/mol. The predicted octanol–water partition coefficient (Wildman–Crippen LogP) is 5.08. The van der Waals surface area contributed by atoms with Gasteiger partial charge in [-0.3, -0.25) is 0 Å². The van der Waals surface area contributed by atoms with Crippen molar-refractivity contribution in [3.63, 3.8) is 0 Å². The van der Waals surface area contributed by atoms with Gasteiger partial charge in [0.15, 0.2) is 5.65 Å². The first-order valence-electron chi connectivity index (χ1n) is 10.8. The third-order valence-electron chi connectivity index (χ3n) is 7.02. The molecule has 1 aliphatic heterocycles. The molecular weight excluding hydrogens is 378 g/mol. The van der Waals surface area contributed by atoms with Gasteiger partial charge in [0.2, 0.25) is 0 Å². The zero-order valence-corrected chi connectivity index (χ0v) is 18.0. The number of fused-ring (bicyclic) bond motifs is 4. The Morgan fingerprint density at radius 1 is 1.17 bits per heavy atom. The highest BCUT2D eigenvalue weighted by Gasteiger charge is 2.40. The molecule has 2 bridgehead atoms. The van der Waals surface area contributed by atoms with Crippen LogP contribution in [0, 0.1) is 18.8 Å². The van der Waals surface area contributed by atoms with Gasteiger partial charge >= 0.3 is 0 Å². The smallest absolute Gasteiger partial charge is 0.158 e. The Labute approximate surface area is 174 Å². The molecule has 150 valence electrons. The predicted molar refractivity (Wildman–Crippen MR) is 119 cm³/mol. The zero-order chi connectivity index (χ0) is 19.7. The Morgan fingerprint density at radius 2 is 1.97 bits per heavy atom. The Bertz CT molecular complexity index is 1200. The second kappa shape index (κ2) is 6.41. The minimum atomic E-state index is 0.460. The maximum absolute atomic E-state index is 4.37. The van der Waals surface area contributed by atoms with E-state index in [1.54, 1.807) is 11.2 Å². The molecule has 4 aromatic rings. The lowest BCUT2D eigenvalue weighted by Gasteiger charge is -2.30. The summed E-state index contributed by atoms with van der Waals surface area (Å²) in [7, 11) is 0. The van der Waals surface area contributed by atoms with Gasteiger partial charge in [-0.25, -0.2) is 9.50 Å². The van der Waals surface area contributed by atoms with Crippen molar-refractivity contribution < 1.29 is 0 Å². The number of aryl methyl sites for hydroxylation is 1. The van der Waals surface area contributed by atoms with Crippen LogP contribution in [0.2, 0.25) is 0 Å². The molecule has 5 nitrogen and oxygen atoms in total. The van der Waals surface area contributed by atoms with Gasteiger partial charge in [0.25, 0.3) is 0 Å². The van der Waals surface area contributed by atoms with E-state index < -0.39 is 0 Å². The molecule has 2 N–H and O–H groups in total. The summed E-state index contributed by atoms with van der Waals surface area (Å²) < 4.78 is 3.33. The zero-order valence-electron chi connectivity index (χ0n) is 17.2. The molecule has 1 saturated carbocycles. The van der Waals surface area contributed by atoms with Crippen LogP contribution in [-0.2, 0) is 0 Å². The molecule has 6 heteroatoms. The van der Waals surface area contributed by atoms with Gasteiger partial charge in [0.05, 0.1) is 15.9 Å². The van der Waals surface area contributed by atoms with Crippen LogP contribution in [0.15, 0.2) is 24.7 Å². The molecule has 29 heavy (non-hydrogen) atoms. The lowest BCUT2D eigenvalue weighted by atomic mass is 9.85. The summed E-state index contributed by atoms with van der Waals surface area (Å²) in [6.45, 7) is 9.10. The van der Waals surface area contributed by atoms with Gasteiger partial charge in [-0.15, -0.1) is 11.3 Å². The van der Waals surface area contributed by atoms with E-state index in [0.29, 0.717) is 5.92 Å². The monoisotopic (exact) mass is 405 g/mol. The summed E-state index contributed by atoms with van der Waals surface area (Å²) in [5.41, 5.74) is 7.25. The average Bonchev–Trinajstić information content (AvgIpc) is 3.42. The standard InChI is InChI=1S/C23H27N5S/c1-12(2)19-21(16-6-13(3)23-25-11-26-28(23)10-16)27-17-7-18(29-22(17)19)20-14-4-5-15(20)9-24-8-14/h6-7,10-12,14-15,20,24,27H,4-5,8-9H2,1-3H3. The number of hydrogen-bond acceptors (Lipinski definition) is 4. The molecule has 1 saturated heterocycles. The largest absolute Gasteiger partial charge is 0.354 e. The van der Waals surface area contributed by atoms with Crippen molar-refractivity contribution in [1.82, 2.24) is 24.9 Å². The SMILES string of the molecule is Cc1cc(-c2[nH]c3cc(C4C5CCC4CNC5)sc3c2C(C)C)cn2ncnc12. The summed E-state index contributed by atoms with van der Waals surface area (Å²) in [6, 6.07) is 4.69. The highest BCUT2D eigenvalue weighted by molar-refractivity contribution is 7.19. The number of thiophene rings is 1. The Kier molecular flexibility index (Phi) is 3.90. The van der Waals surface area contributed by atoms with Crippen LogP contribution < -0.4 is 5.32 Å². The van der Waals surface area contributed by atoms with Crippen LogP contribution in [0.4, 0.5) is 0 Å². The molecule has 0 spiro atoms. The van der Waals surface area contributed by atoms with Crippen LogP contribution in [0.1, 0.15) is 54.5 Å². The summed E-state index contributed by atoms with van der Waals surface area (Å²) in [5, 5.41) is 8.00. The number of pyridine rings is 1. The second-order valence-corrected chi connectivity index (χ2v) is 10.3. The number of aromatic amines is 1. The van der Waals surface area contributed by atoms with Crippen molar-refractivity contribution in [2.24, 2.45) is 11.8 Å². The van der Waals surface area contributed by atoms with E-state index in [1.807, 2.05) is 15.9 Å². The number of aromatic nitrogens is 4. The minimum Gasteiger partial charge on any atom is -0.354 e. The van der Waals surface area contributed by atoms with E-state index in [0.717, 1.165) is 29.0 Å². The van der Waals surface area contributed by atoms with Crippen molar-refractivity contribution in [1.29, 1.82) is 0 Å². The van der Waals surface area contributed by atoms with Crippen molar-refractivity contribution in [3.05, 3.63) is 40.7 Å². The van der Waals surface area contributed by atoms with Gasteiger partial charge in [0.1, 0.15) is 6.33 Å². The summed E-state index contributed by atoms with van der Waals surface area (Å²) in [5.74, 6) is 2.84. The lowest BCUT2D eigenvalue weighted by Crippen LogP contribution is -2.36. The molecule has 6 rings (SSSR count). The van der Waals surface area contributed by atoms with Crippen molar-refractivity contribution in [2.75, 3.05) is 13.1 Å². The first-order chi connectivity index (χ1) is 14.1. The van der Waals surface area contributed by atoms with Gasteiger partial charge in [-0.1, -0.05) is 13.8 Å². The highest BCUT2D eigenvalue weighted by atomic mass is 32.1. The topological polar surface area (TPSA) is 58.0 Å². The van der Waals surface area contributed by atoms with Gasteiger partial charge < -0.3 is 10.3 Å². The fraction of sp³-hybridized carbons (Fsp3) is 0.478. The number of H-pyrrole nitrogens is 1. The molecular formula is C23H27N5S. The summed E-state index contributed by atoms with van der Waals surface area (Å²) in [4.78, 5) is 9.75. The quantitative estimate of drug-likeness (QED) is 0.499. The van der Waals surface area contributed by atoms with E-state index >= 15 is 0 Å². The number of piperidine rings is 1. The van der Waals surface area contributed by atoms with E-state index in [4.69, 9.17) is 0 Å². The van der Waals surface area contributed by atoms with E-state index in [2.05, 4.69) is 59.5 Å². The fourth-order valence-electron chi connectivity index (χ4n) is 5.74. The molecule has 5 heterocycles. The van der Waals surface area contributed by atoms with Gasteiger partial charge in [-0.05, 0) is 73.9 Å². The molecule has 0 amide bonds. The second-order valence-electron chi connectivity index (χ2n) is 9.18. The Balaban J connectivity index is 1.49. The summed E-state index contributed by atoms with van der Waals surface area (Å²) >= 11 is 2.04. The van der Waals surface area contributed by atoms with Crippen LogP contribution in [0.5, 0.6) is 0 Å². The normalized spacial score (nSPS) is 24.3. The maximum Gasteiger partial charge on any atom is 0.158 e. The number of hydrogen-bond donors (Lipinski definition) is 2. The minimum absolute atomic E-state index is 0.460. The molecule has 2 unspecified atom stereocenters. The summed E-state index contributed by atoms with van der Waals surface area (Å²) in [6.07, 6.45) is 6.49. The molecule has 0 radical (unpaired) electrons. The molecule has 0 aromatic carbocycles. The maximum atomic E-state index is 4.37. The molecule has 2 fully saturated rings. The van der Waals surface area contributed by atoms with E-state index in [9.17, 15) is 0 Å². The molecule has 2 atom stereocenters. The first kappa shape index (κ1) is 17.7. The van der Waals surface area contributed by atoms with Crippen molar-refractivity contribution >= 4 is 27.2 Å². The number of rotatable bonds is 3. The third kappa shape index (κ3) is 2.62. The lowest BCUT2D eigenvalue weighted by molar-refractivity contribution is 0.326. The first-order valence-corrected chi connectivity index (χ1v) is 11.6. The van der Waals surface area contributed by atoms with Crippen LogP contribution in [-0.4, -0.2) is 32.7 Å². The number of nitrogens with zero attached hydrogens (tertiary/aromatic N) is 3. The van der Waals surface area contributed by atoms with Crippen LogP contribution in [0.25, 0.3) is 27.1 Å². The van der Waals surface area contributed by atoms with E-state index in [1.165, 1.54) is 53.0 Å². The third-order valence-corrected chi connectivity index (χ3v) is 8.29. The van der Waals surface area contributed by atoms with Gasteiger partial charge in [0, 0.05) is 22.6 Å². The van der Waals surface area contributed by atoms with Gasteiger partial charge in [-0.2, -0.15) is 5.10 Å². The van der Waals surface area contributed by atoms with Crippen molar-refractivity contribution in [3.8, 4) is 11.3 Å². The molecule has 2 aliphatic rings. The highest BCUT2D eigenvalue weighted by Crippen LogP contribution is 2.50. The van der Waals surface area contributed by atoms with Crippen LogP contribution in [0.3, 0.4) is 0 Å². The number of nitrogens with one attached hydrogen (secondary N) is 2. The Hall–Kier alpha value is -2.18. The Morgan fingerprint density at radius 3 is 2.72 bits per heavy atom.